The third-order valence-electron chi connectivity index (χ3n) is 10.2. The molecule has 3 heteroatoms. The standard InChI is InChI=1S/C55H47N3/c1-5-17-43(6-2)44(7-3)21-14-19-41-27-33-47(34-28-41)55-57-50(36-42-29-31-46(32-30-42)53-39-56-35-13-9-8-10-18-40(53)4)38-54(58-55)49-24-15-23-48(37-49)52-26-16-22-45-20-11-12-25-51(45)52/h5-18,20-35,37-39H,2-3,19,36H2,1,4H3/b9-8?,10-8?,13-9?,17-5-,18-10?,21-14-,35-13?,40-18?,44-43+,53-39?,53-40?,56-35?,56-39?. The van der Waals surface area contributed by atoms with Crippen molar-refractivity contribution < 1.29 is 0 Å². The predicted octanol–water partition coefficient (Wildman–Crippen LogP) is 14.1. The summed E-state index contributed by atoms with van der Waals surface area (Å²) in [6.07, 6.45) is 17.2. The van der Waals surface area contributed by atoms with E-state index in [1.807, 2.05) is 61.8 Å². The highest BCUT2D eigenvalue weighted by Gasteiger charge is 2.13. The number of allylic oxidation sites excluding steroid dienone is 8. The first-order valence-corrected chi connectivity index (χ1v) is 19.7. The number of aromatic nitrogens is 3. The molecule has 0 unspecified atom stereocenters. The maximum absolute atomic E-state index is 5.20. The number of hydrogen-bond acceptors (Lipinski definition) is 3. The van der Waals surface area contributed by atoms with E-state index in [-0.39, 0.29) is 0 Å². The molecule has 0 aliphatic heterocycles. The molecule has 2 aromatic heterocycles. The summed E-state index contributed by atoms with van der Waals surface area (Å²) in [5, 5.41) is 2.45. The molecule has 0 bridgehead atoms. The summed E-state index contributed by atoms with van der Waals surface area (Å²) in [4.78, 5) is 14.9. The van der Waals surface area contributed by atoms with Gasteiger partial charge in [0.05, 0.1) is 5.69 Å². The van der Waals surface area contributed by atoms with Crippen molar-refractivity contribution in [3.05, 3.63) is 247 Å². The van der Waals surface area contributed by atoms with Crippen molar-refractivity contribution in [1.29, 1.82) is 0 Å². The molecule has 5 aromatic carbocycles. The largest absolute Gasteiger partial charge is 0.264 e. The van der Waals surface area contributed by atoms with Gasteiger partial charge in [-0.1, -0.05) is 183 Å². The Morgan fingerprint density at radius 1 is 0.586 bits per heavy atom. The van der Waals surface area contributed by atoms with Crippen molar-refractivity contribution in [1.82, 2.24) is 15.0 Å². The molecule has 58 heavy (non-hydrogen) atoms. The smallest absolute Gasteiger partial charge is 0.160 e. The van der Waals surface area contributed by atoms with Crippen LogP contribution in [0.2, 0.25) is 0 Å². The van der Waals surface area contributed by atoms with Gasteiger partial charge >= 0.3 is 0 Å². The van der Waals surface area contributed by atoms with Crippen LogP contribution in [0.4, 0.5) is 0 Å². The quantitative estimate of drug-likeness (QED) is 0.117. The molecule has 282 valence electrons. The summed E-state index contributed by atoms with van der Waals surface area (Å²) in [6.45, 7) is 12.1. The summed E-state index contributed by atoms with van der Waals surface area (Å²) >= 11 is 0. The van der Waals surface area contributed by atoms with E-state index in [9.17, 15) is 0 Å². The lowest BCUT2D eigenvalue weighted by Crippen LogP contribution is -2.00. The average molecular weight is 750 g/mol. The van der Waals surface area contributed by atoms with E-state index in [1.54, 1.807) is 0 Å². The fourth-order valence-corrected chi connectivity index (χ4v) is 7.09. The first kappa shape index (κ1) is 39.0. The highest BCUT2D eigenvalue weighted by molar-refractivity contribution is 5.97. The van der Waals surface area contributed by atoms with E-state index in [2.05, 4.69) is 171 Å². The molecule has 0 spiro atoms. The molecule has 0 fully saturated rings. The predicted molar refractivity (Wildman–Crippen MR) is 246 cm³/mol. The van der Waals surface area contributed by atoms with Crippen LogP contribution in [0.3, 0.4) is 0 Å². The van der Waals surface area contributed by atoms with Gasteiger partial charge in [-0.2, -0.15) is 0 Å². The van der Waals surface area contributed by atoms with Crippen LogP contribution in [0.5, 0.6) is 0 Å². The maximum atomic E-state index is 5.20. The van der Waals surface area contributed by atoms with Gasteiger partial charge in [-0.3, -0.25) is 4.98 Å². The summed E-state index contributed by atoms with van der Waals surface area (Å²) in [5.41, 5.74) is 14.0. The van der Waals surface area contributed by atoms with Crippen LogP contribution in [-0.4, -0.2) is 15.0 Å². The minimum Gasteiger partial charge on any atom is -0.264 e. The summed E-state index contributed by atoms with van der Waals surface area (Å²) in [7, 11) is 0. The van der Waals surface area contributed by atoms with Gasteiger partial charge in [-0.05, 0) is 93.8 Å². The van der Waals surface area contributed by atoms with Crippen molar-refractivity contribution in [2.75, 3.05) is 0 Å². The minimum atomic E-state index is 0.660. The fourth-order valence-electron chi connectivity index (χ4n) is 7.09. The Labute approximate surface area is 343 Å². The number of nitrogens with zero attached hydrogens (tertiary/aromatic N) is 3. The van der Waals surface area contributed by atoms with Crippen molar-refractivity contribution >= 4 is 10.8 Å². The number of fused-ring (bicyclic) bond motifs is 1. The molecule has 0 radical (unpaired) electrons. The van der Waals surface area contributed by atoms with Crippen LogP contribution in [0.25, 0.3) is 55.7 Å². The van der Waals surface area contributed by atoms with Crippen molar-refractivity contribution in [3.8, 4) is 44.9 Å². The zero-order valence-electron chi connectivity index (χ0n) is 33.2. The first-order chi connectivity index (χ1) is 28.5. The van der Waals surface area contributed by atoms with E-state index < -0.39 is 0 Å². The fraction of sp³-hybridized carbons (Fsp3) is 0.0727. The number of rotatable bonds is 12. The van der Waals surface area contributed by atoms with E-state index in [1.165, 1.54) is 27.5 Å². The van der Waals surface area contributed by atoms with Crippen LogP contribution >= 0.6 is 0 Å². The van der Waals surface area contributed by atoms with Gasteiger partial charge in [0, 0.05) is 41.2 Å². The molecule has 0 aliphatic rings. The van der Waals surface area contributed by atoms with Crippen LogP contribution in [-0.2, 0) is 12.8 Å². The Morgan fingerprint density at radius 2 is 1.28 bits per heavy atom. The molecule has 0 atom stereocenters. The average Bonchev–Trinajstić information content (AvgIpc) is 3.27. The Morgan fingerprint density at radius 3 is 2.09 bits per heavy atom. The van der Waals surface area contributed by atoms with Gasteiger partial charge < -0.3 is 0 Å². The van der Waals surface area contributed by atoms with Gasteiger partial charge in [0.15, 0.2) is 5.82 Å². The van der Waals surface area contributed by atoms with Crippen LogP contribution in [0, 0.1) is 6.92 Å². The van der Waals surface area contributed by atoms with Gasteiger partial charge in [0.2, 0.25) is 0 Å². The molecule has 7 rings (SSSR count). The van der Waals surface area contributed by atoms with Crippen LogP contribution in [0.15, 0.2) is 225 Å². The molecule has 0 saturated carbocycles. The lowest BCUT2D eigenvalue weighted by atomic mass is 9.96. The lowest BCUT2D eigenvalue weighted by molar-refractivity contribution is 1.04. The zero-order valence-corrected chi connectivity index (χ0v) is 33.2. The van der Waals surface area contributed by atoms with E-state index in [0.717, 1.165) is 62.3 Å². The Hall–Kier alpha value is -7.23. The Balaban J connectivity index is 1.23. The van der Waals surface area contributed by atoms with Crippen LogP contribution < -0.4 is 0 Å². The van der Waals surface area contributed by atoms with Crippen molar-refractivity contribution in [2.45, 2.75) is 26.7 Å². The second-order valence-electron chi connectivity index (χ2n) is 14.1. The highest BCUT2D eigenvalue weighted by atomic mass is 14.9. The molecule has 3 nitrogen and oxygen atoms in total. The third kappa shape index (κ3) is 9.58. The molecule has 0 amide bonds. The summed E-state index contributed by atoms with van der Waals surface area (Å²) < 4.78 is 0. The normalized spacial score (nSPS) is 11.7. The number of benzene rings is 5. The van der Waals surface area contributed by atoms with Gasteiger partial charge in [0.1, 0.15) is 0 Å². The van der Waals surface area contributed by atoms with E-state index in [4.69, 9.17) is 9.97 Å². The van der Waals surface area contributed by atoms with Gasteiger partial charge in [-0.25, -0.2) is 9.97 Å². The van der Waals surface area contributed by atoms with E-state index >= 15 is 0 Å². The highest BCUT2D eigenvalue weighted by Crippen LogP contribution is 2.32. The van der Waals surface area contributed by atoms with Crippen molar-refractivity contribution in [2.24, 2.45) is 0 Å². The molecular formula is C55H47N3. The number of aryl methyl sites for hydroxylation is 1. The molecule has 0 N–H and O–H groups in total. The maximum Gasteiger partial charge on any atom is 0.160 e. The summed E-state index contributed by atoms with van der Waals surface area (Å²) in [6, 6.07) is 53.3. The van der Waals surface area contributed by atoms with Crippen molar-refractivity contribution in [3.63, 3.8) is 0 Å². The zero-order chi connectivity index (χ0) is 40.1. The number of hydrogen-bond donors (Lipinski definition) is 0. The molecule has 2 heterocycles. The van der Waals surface area contributed by atoms with Gasteiger partial charge in [-0.15, -0.1) is 0 Å². The monoisotopic (exact) mass is 749 g/mol. The van der Waals surface area contributed by atoms with Gasteiger partial charge in [0.25, 0.3) is 0 Å². The summed E-state index contributed by atoms with van der Waals surface area (Å²) in [5.74, 6) is 0.702. The molecule has 7 aromatic rings. The first-order valence-electron chi connectivity index (χ1n) is 19.7. The SMILES string of the molecule is C=CC(/C=C\C)=C(C=C)\C=C/Cc1ccc(-c2nc(Cc3ccc(-c4cnccccccc4C)cc3)cc(-c3cccc(-c4cccc5ccccc45)c3)n2)cc1. The minimum absolute atomic E-state index is 0.660. The Kier molecular flexibility index (Phi) is 12.8. The molecular weight excluding hydrogens is 703 g/mol. The second-order valence-corrected chi connectivity index (χ2v) is 14.1. The van der Waals surface area contributed by atoms with E-state index in [0.29, 0.717) is 12.2 Å². The lowest BCUT2D eigenvalue weighted by Gasteiger charge is -2.12. The topological polar surface area (TPSA) is 38.7 Å². The molecule has 0 saturated heterocycles. The van der Waals surface area contributed by atoms with Crippen LogP contribution in [0.1, 0.15) is 29.3 Å². The molecule has 0 aliphatic carbocycles. The second kappa shape index (κ2) is 19.1. The third-order valence-corrected chi connectivity index (χ3v) is 10.2. The Bertz CT molecular complexity index is 2710.